The second kappa shape index (κ2) is 9.71. The molecule has 6 nitrogen and oxygen atoms in total. The molecule has 1 aliphatic carbocycles. The molecule has 2 heterocycles. The summed E-state index contributed by atoms with van der Waals surface area (Å²) < 4.78 is 7.45. The van der Waals surface area contributed by atoms with Crippen molar-refractivity contribution < 1.29 is 9.53 Å². The lowest BCUT2D eigenvalue weighted by Gasteiger charge is -2.27. The number of hydrogen-bond donors (Lipinski definition) is 1. The van der Waals surface area contributed by atoms with E-state index in [2.05, 4.69) is 18.0 Å². The normalized spacial score (nSPS) is 18.7. The molecule has 0 bridgehead atoms. The van der Waals surface area contributed by atoms with Crippen LogP contribution in [-0.4, -0.2) is 58.3 Å². The Bertz CT molecular complexity index is 905. The number of fused-ring (bicyclic) bond motifs is 1. The van der Waals surface area contributed by atoms with Crippen molar-refractivity contribution in [2.75, 3.05) is 31.7 Å². The number of nitrogens with one attached hydrogen (secondary N) is 1. The predicted molar refractivity (Wildman–Crippen MR) is 121 cm³/mol. The number of allylic oxidation sites excluding steroid dienone is 1. The Balaban J connectivity index is 1.52. The van der Waals surface area contributed by atoms with E-state index in [0.717, 1.165) is 67.3 Å². The highest BCUT2D eigenvalue weighted by Gasteiger charge is 2.31. The number of benzene rings is 1. The lowest BCUT2D eigenvalue weighted by atomic mass is 9.90. The summed E-state index contributed by atoms with van der Waals surface area (Å²) in [7, 11) is 1.71. The smallest absolute Gasteiger partial charge is 0.274 e. The van der Waals surface area contributed by atoms with Gasteiger partial charge in [0.15, 0.2) is 5.69 Å². The molecule has 1 N–H and O–H groups in total. The molecule has 0 spiro atoms. The van der Waals surface area contributed by atoms with Crippen LogP contribution in [0, 0.1) is 0 Å². The summed E-state index contributed by atoms with van der Waals surface area (Å²) in [5, 5.41) is 8.41. The zero-order valence-electron chi connectivity index (χ0n) is 17.6. The second-order valence-corrected chi connectivity index (χ2v) is 9.01. The Morgan fingerprint density at radius 3 is 2.93 bits per heavy atom. The molecule has 2 aromatic rings. The van der Waals surface area contributed by atoms with Gasteiger partial charge in [-0.05, 0) is 25.3 Å². The number of ether oxygens (including phenoxy) is 1. The van der Waals surface area contributed by atoms with E-state index in [1.165, 1.54) is 5.69 Å². The fourth-order valence-corrected chi connectivity index (χ4v) is 5.23. The number of amides is 1. The summed E-state index contributed by atoms with van der Waals surface area (Å²) in [5.74, 6) is 2.99. The van der Waals surface area contributed by atoms with E-state index in [0.29, 0.717) is 18.3 Å². The van der Waals surface area contributed by atoms with Crippen molar-refractivity contribution in [1.29, 1.82) is 0 Å². The van der Waals surface area contributed by atoms with E-state index < -0.39 is 0 Å². The molecule has 1 atom stereocenters. The monoisotopic (exact) mass is 426 g/mol. The quantitative estimate of drug-likeness (QED) is 0.690. The van der Waals surface area contributed by atoms with Crippen molar-refractivity contribution in [2.45, 2.75) is 38.4 Å². The first-order valence-electron chi connectivity index (χ1n) is 10.6. The van der Waals surface area contributed by atoms with E-state index in [1.807, 2.05) is 45.6 Å². The van der Waals surface area contributed by atoms with E-state index in [9.17, 15) is 4.79 Å². The van der Waals surface area contributed by atoms with Gasteiger partial charge >= 0.3 is 0 Å². The fourth-order valence-electron chi connectivity index (χ4n) is 4.33. The Hall–Kier alpha value is -2.25. The maximum Gasteiger partial charge on any atom is 0.274 e. The lowest BCUT2D eigenvalue weighted by molar-refractivity contribution is 0.0764. The van der Waals surface area contributed by atoms with Gasteiger partial charge in [-0.15, -0.1) is 6.58 Å². The van der Waals surface area contributed by atoms with Crippen molar-refractivity contribution in [3.63, 3.8) is 0 Å². The summed E-state index contributed by atoms with van der Waals surface area (Å²) in [6.45, 7) is 6.87. The topological polar surface area (TPSA) is 59.4 Å². The molecular weight excluding hydrogens is 396 g/mol. The largest absolute Gasteiger partial charge is 0.496 e. The predicted octanol–water partition coefficient (Wildman–Crippen LogP) is 2.91. The Kier molecular flexibility index (Phi) is 6.79. The van der Waals surface area contributed by atoms with Crippen molar-refractivity contribution >= 4 is 17.7 Å². The van der Waals surface area contributed by atoms with Gasteiger partial charge in [0, 0.05) is 54.0 Å². The van der Waals surface area contributed by atoms with Gasteiger partial charge < -0.3 is 15.0 Å². The molecule has 1 amide bonds. The van der Waals surface area contributed by atoms with Gasteiger partial charge in [0.25, 0.3) is 5.91 Å². The Labute approximate surface area is 182 Å². The van der Waals surface area contributed by atoms with Crippen molar-refractivity contribution in [2.24, 2.45) is 0 Å². The molecule has 1 aliphatic heterocycles. The van der Waals surface area contributed by atoms with Gasteiger partial charge in [-0.2, -0.15) is 16.9 Å². The zero-order chi connectivity index (χ0) is 20.9. The molecule has 30 heavy (non-hydrogen) atoms. The first-order chi connectivity index (χ1) is 14.7. The lowest BCUT2D eigenvalue weighted by Crippen LogP contribution is -2.39. The van der Waals surface area contributed by atoms with Gasteiger partial charge in [0.05, 0.1) is 13.7 Å². The highest BCUT2D eigenvalue weighted by molar-refractivity contribution is 7.99. The third kappa shape index (κ3) is 4.42. The molecule has 0 saturated carbocycles. The maximum absolute atomic E-state index is 13.2. The summed E-state index contributed by atoms with van der Waals surface area (Å²) in [5.41, 5.74) is 4.10. The number of aromatic nitrogens is 2. The van der Waals surface area contributed by atoms with E-state index in [1.54, 1.807) is 7.11 Å². The standard InChI is InChI=1S/C23H30N4O2S/c1-3-10-27-20-9-8-18(24-16-17-6-4-5-7-21(17)29-2)15-19(20)22(25-27)23(28)26-11-13-30-14-12-26/h3-7,18,24H,1,8-16H2,2H3. The van der Waals surface area contributed by atoms with Gasteiger partial charge in [-0.25, -0.2) is 0 Å². The molecule has 0 radical (unpaired) electrons. The number of methoxy groups -OCH3 is 1. The zero-order valence-corrected chi connectivity index (χ0v) is 18.4. The average molecular weight is 427 g/mol. The number of hydrogen-bond acceptors (Lipinski definition) is 5. The van der Waals surface area contributed by atoms with Crippen LogP contribution in [0.2, 0.25) is 0 Å². The molecule has 1 unspecified atom stereocenters. The highest BCUT2D eigenvalue weighted by Crippen LogP contribution is 2.27. The minimum Gasteiger partial charge on any atom is -0.496 e. The third-order valence-corrected chi connectivity index (χ3v) is 6.87. The van der Waals surface area contributed by atoms with Gasteiger partial charge in [0.1, 0.15) is 5.75 Å². The molecule has 1 saturated heterocycles. The van der Waals surface area contributed by atoms with Crippen LogP contribution in [0.3, 0.4) is 0 Å². The highest BCUT2D eigenvalue weighted by atomic mass is 32.2. The van der Waals surface area contributed by atoms with Crippen LogP contribution < -0.4 is 10.1 Å². The van der Waals surface area contributed by atoms with Crippen molar-refractivity contribution in [3.05, 3.63) is 59.4 Å². The number of thioether (sulfide) groups is 1. The van der Waals surface area contributed by atoms with Crippen LogP contribution in [0.25, 0.3) is 0 Å². The molecule has 1 fully saturated rings. The Morgan fingerprint density at radius 1 is 1.37 bits per heavy atom. The summed E-state index contributed by atoms with van der Waals surface area (Å²) in [4.78, 5) is 15.2. The van der Waals surface area contributed by atoms with Crippen LogP contribution in [0.1, 0.15) is 33.7 Å². The third-order valence-electron chi connectivity index (χ3n) is 5.92. The van der Waals surface area contributed by atoms with E-state index >= 15 is 0 Å². The van der Waals surface area contributed by atoms with Gasteiger partial charge in [-0.3, -0.25) is 9.48 Å². The minimum atomic E-state index is 0.0831. The molecule has 7 heteroatoms. The summed E-state index contributed by atoms with van der Waals surface area (Å²) >= 11 is 1.91. The van der Waals surface area contributed by atoms with E-state index in [4.69, 9.17) is 9.84 Å². The van der Waals surface area contributed by atoms with E-state index in [-0.39, 0.29) is 5.91 Å². The van der Waals surface area contributed by atoms with Gasteiger partial charge in [-0.1, -0.05) is 24.3 Å². The van der Waals surface area contributed by atoms with Crippen LogP contribution in [0.15, 0.2) is 36.9 Å². The van der Waals surface area contributed by atoms with Crippen molar-refractivity contribution in [1.82, 2.24) is 20.0 Å². The fraction of sp³-hybridized carbons (Fsp3) is 0.478. The van der Waals surface area contributed by atoms with Crippen LogP contribution in [0.5, 0.6) is 5.75 Å². The second-order valence-electron chi connectivity index (χ2n) is 7.78. The molecular formula is C23H30N4O2S. The molecule has 4 rings (SSSR count). The van der Waals surface area contributed by atoms with Crippen LogP contribution in [-0.2, 0) is 25.9 Å². The first-order valence-corrected chi connectivity index (χ1v) is 11.8. The average Bonchev–Trinajstić information content (AvgIpc) is 3.16. The summed E-state index contributed by atoms with van der Waals surface area (Å²) in [6.07, 6.45) is 4.62. The van der Waals surface area contributed by atoms with Crippen LogP contribution in [0.4, 0.5) is 0 Å². The number of para-hydroxylation sites is 1. The van der Waals surface area contributed by atoms with Crippen molar-refractivity contribution in [3.8, 4) is 5.75 Å². The SMILES string of the molecule is C=CCn1nc(C(=O)N2CCSCC2)c2c1CCC(NCc1ccccc1OC)C2. The number of nitrogens with zero attached hydrogens (tertiary/aromatic N) is 3. The minimum absolute atomic E-state index is 0.0831. The van der Waals surface area contributed by atoms with Gasteiger partial charge in [0.2, 0.25) is 0 Å². The molecule has 1 aromatic carbocycles. The molecule has 2 aliphatic rings. The number of carbonyl (C=O) groups is 1. The summed E-state index contributed by atoms with van der Waals surface area (Å²) in [6, 6.07) is 8.41. The molecule has 1 aromatic heterocycles. The number of carbonyl (C=O) groups excluding carboxylic acids is 1. The van der Waals surface area contributed by atoms with Crippen LogP contribution >= 0.6 is 11.8 Å². The molecule has 160 valence electrons. The Morgan fingerprint density at radius 2 is 2.17 bits per heavy atom. The maximum atomic E-state index is 13.2. The number of rotatable bonds is 7. The first kappa shape index (κ1) is 21.0.